The van der Waals surface area contributed by atoms with E-state index in [0.717, 1.165) is 12.1 Å². The van der Waals surface area contributed by atoms with Gasteiger partial charge in [0, 0.05) is 0 Å². The predicted molar refractivity (Wildman–Crippen MR) is 59.7 cm³/mol. The van der Waals surface area contributed by atoms with Gasteiger partial charge in [-0.2, -0.15) is 0 Å². The molecule has 1 atom stereocenters. The number of carbonyl (C=O) groups excluding carboxylic acids is 1. The van der Waals surface area contributed by atoms with Crippen LogP contribution < -0.4 is 9.47 Å². The van der Waals surface area contributed by atoms with Gasteiger partial charge in [-0.3, -0.25) is 4.79 Å². The highest BCUT2D eigenvalue weighted by molar-refractivity contribution is 5.80. The summed E-state index contributed by atoms with van der Waals surface area (Å²) in [5.41, 5.74) is -0.0686. The molecule has 1 unspecified atom stereocenters. The maximum absolute atomic E-state index is 12.1. The van der Waals surface area contributed by atoms with Gasteiger partial charge < -0.3 is 18.9 Å². The fourth-order valence-corrected chi connectivity index (χ4v) is 1.60. The van der Waals surface area contributed by atoms with Gasteiger partial charge in [-0.25, -0.2) is 0 Å². The topological polar surface area (TPSA) is 54.0 Å². The molecule has 0 bridgehead atoms. The molecule has 0 amide bonds. The van der Waals surface area contributed by atoms with E-state index in [0.29, 0.717) is 19.5 Å². The molecule has 1 aliphatic rings. The van der Waals surface area contributed by atoms with E-state index in [1.165, 1.54) is 6.07 Å². The summed E-state index contributed by atoms with van der Waals surface area (Å²) in [4.78, 5) is 10.9. The van der Waals surface area contributed by atoms with Crippen molar-refractivity contribution >= 4 is 6.29 Å². The zero-order valence-corrected chi connectivity index (χ0v) is 10.2. The van der Waals surface area contributed by atoms with Crippen LogP contribution in [0.1, 0.15) is 10.4 Å². The average Bonchev–Trinajstić information content (AvgIpc) is 2.40. The summed E-state index contributed by atoms with van der Waals surface area (Å²) < 4.78 is 55.6. The van der Waals surface area contributed by atoms with Gasteiger partial charge in [-0.1, -0.05) is 0 Å². The first-order valence-corrected chi connectivity index (χ1v) is 5.69. The lowest BCUT2D eigenvalue weighted by atomic mass is 10.2. The number of aldehydes is 1. The van der Waals surface area contributed by atoms with Gasteiger partial charge in [-0.05, 0) is 18.2 Å². The summed E-state index contributed by atoms with van der Waals surface area (Å²) >= 11 is 0. The van der Waals surface area contributed by atoms with E-state index in [2.05, 4.69) is 4.74 Å². The number of alkyl halides is 3. The van der Waals surface area contributed by atoms with Crippen LogP contribution in [0.15, 0.2) is 18.2 Å². The van der Waals surface area contributed by atoms with E-state index < -0.39 is 18.4 Å². The predicted octanol–water partition coefficient (Wildman–Crippen LogP) is 2.15. The SMILES string of the molecule is O=Cc1cc(OC(F)(F)F)ccc1OC1COCCO1. The largest absolute Gasteiger partial charge is 0.573 e. The average molecular weight is 292 g/mol. The van der Waals surface area contributed by atoms with Crippen LogP contribution >= 0.6 is 0 Å². The quantitative estimate of drug-likeness (QED) is 0.796. The monoisotopic (exact) mass is 292 g/mol. The third-order valence-corrected chi connectivity index (χ3v) is 2.39. The highest BCUT2D eigenvalue weighted by Gasteiger charge is 2.31. The molecule has 0 spiro atoms. The fourth-order valence-electron chi connectivity index (χ4n) is 1.60. The molecule has 2 rings (SSSR count). The number of carbonyl (C=O) groups is 1. The van der Waals surface area contributed by atoms with Crippen LogP contribution in [0.25, 0.3) is 0 Å². The van der Waals surface area contributed by atoms with Gasteiger partial charge in [0.25, 0.3) is 0 Å². The first kappa shape index (κ1) is 14.6. The Balaban J connectivity index is 2.11. The summed E-state index contributed by atoms with van der Waals surface area (Å²) in [6, 6.07) is 3.21. The van der Waals surface area contributed by atoms with Crippen molar-refractivity contribution in [3.05, 3.63) is 23.8 Å². The van der Waals surface area contributed by atoms with Gasteiger partial charge in [0.1, 0.15) is 18.1 Å². The highest BCUT2D eigenvalue weighted by atomic mass is 19.4. The Labute approximate surface area is 112 Å². The summed E-state index contributed by atoms with van der Waals surface area (Å²) in [5, 5.41) is 0. The van der Waals surface area contributed by atoms with Gasteiger partial charge in [-0.15, -0.1) is 13.2 Å². The molecule has 1 fully saturated rings. The second-order valence-electron chi connectivity index (χ2n) is 3.86. The maximum atomic E-state index is 12.1. The summed E-state index contributed by atoms with van der Waals surface area (Å²) in [6.07, 6.45) is -5.14. The molecule has 0 N–H and O–H groups in total. The lowest BCUT2D eigenvalue weighted by Gasteiger charge is -2.24. The first-order valence-electron chi connectivity index (χ1n) is 5.69. The molecule has 20 heavy (non-hydrogen) atoms. The standard InChI is InChI=1S/C12H11F3O5/c13-12(14,15)20-9-1-2-10(8(5-9)6-16)19-11-7-17-3-4-18-11/h1-2,5-6,11H,3-4,7H2. The van der Waals surface area contributed by atoms with Gasteiger partial charge in [0.15, 0.2) is 6.29 Å². The van der Waals surface area contributed by atoms with E-state index >= 15 is 0 Å². The van der Waals surface area contributed by atoms with E-state index in [9.17, 15) is 18.0 Å². The minimum atomic E-state index is -4.82. The van der Waals surface area contributed by atoms with Crippen LogP contribution in [0.5, 0.6) is 11.5 Å². The Hall–Kier alpha value is -1.80. The van der Waals surface area contributed by atoms with E-state index in [-0.39, 0.29) is 17.9 Å². The molecule has 0 aliphatic carbocycles. The van der Waals surface area contributed by atoms with Crippen molar-refractivity contribution in [3.63, 3.8) is 0 Å². The second kappa shape index (κ2) is 6.10. The van der Waals surface area contributed by atoms with Crippen LogP contribution in [0, 0.1) is 0 Å². The zero-order valence-electron chi connectivity index (χ0n) is 10.2. The Bertz CT molecular complexity index is 469. The molecule has 1 aromatic rings. The first-order chi connectivity index (χ1) is 9.48. The van der Waals surface area contributed by atoms with E-state index in [1.54, 1.807) is 0 Å². The third-order valence-electron chi connectivity index (χ3n) is 2.39. The third kappa shape index (κ3) is 4.10. The number of halogens is 3. The number of ether oxygens (including phenoxy) is 4. The van der Waals surface area contributed by atoms with E-state index in [4.69, 9.17) is 14.2 Å². The van der Waals surface area contributed by atoms with Crippen LogP contribution in [-0.2, 0) is 9.47 Å². The molecule has 0 aromatic heterocycles. The summed E-state index contributed by atoms with van der Waals surface area (Å²) in [5.74, 6) is -0.391. The molecule has 5 nitrogen and oxygen atoms in total. The van der Waals surface area contributed by atoms with E-state index in [1.807, 2.05) is 0 Å². The molecule has 8 heteroatoms. The molecule has 0 radical (unpaired) electrons. The van der Waals surface area contributed by atoms with Crippen molar-refractivity contribution in [2.45, 2.75) is 12.7 Å². The lowest BCUT2D eigenvalue weighted by Crippen LogP contribution is -2.33. The number of hydrogen-bond acceptors (Lipinski definition) is 5. The fraction of sp³-hybridized carbons (Fsp3) is 0.417. The van der Waals surface area contributed by atoms with Crippen molar-refractivity contribution in [3.8, 4) is 11.5 Å². The Morgan fingerprint density at radius 1 is 1.30 bits per heavy atom. The van der Waals surface area contributed by atoms with Crippen molar-refractivity contribution in [1.82, 2.24) is 0 Å². The maximum Gasteiger partial charge on any atom is 0.573 e. The van der Waals surface area contributed by atoms with Crippen molar-refractivity contribution in [2.75, 3.05) is 19.8 Å². The Kier molecular flexibility index (Phi) is 4.46. The number of rotatable bonds is 4. The minimum absolute atomic E-state index is 0.0686. The Morgan fingerprint density at radius 3 is 2.70 bits per heavy atom. The molecular weight excluding hydrogens is 281 g/mol. The van der Waals surface area contributed by atoms with Crippen LogP contribution in [0.3, 0.4) is 0 Å². The minimum Gasteiger partial charge on any atom is -0.462 e. The van der Waals surface area contributed by atoms with Crippen LogP contribution in [0.4, 0.5) is 13.2 Å². The molecular formula is C12H11F3O5. The molecule has 0 saturated carbocycles. The summed E-state index contributed by atoms with van der Waals surface area (Å²) in [7, 11) is 0. The molecule has 1 saturated heterocycles. The van der Waals surface area contributed by atoms with Gasteiger partial charge in [0.05, 0.1) is 18.8 Å². The van der Waals surface area contributed by atoms with Crippen molar-refractivity contribution < 1.29 is 36.9 Å². The molecule has 1 aliphatic heterocycles. The molecule has 1 aromatic carbocycles. The molecule has 1 heterocycles. The zero-order chi connectivity index (χ0) is 14.6. The van der Waals surface area contributed by atoms with Crippen LogP contribution in [0.2, 0.25) is 0 Å². The number of benzene rings is 1. The smallest absolute Gasteiger partial charge is 0.462 e. The van der Waals surface area contributed by atoms with Gasteiger partial charge >= 0.3 is 6.36 Å². The van der Waals surface area contributed by atoms with Crippen molar-refractivity contribution in [1.29, 1.82) is 0 Å². The lowest BCUT2D eigenvalue weighted by molar-refractivity contribution is -0.274. The second-order valence-corrected chi connectivity index (χ2v) is 3.86. The number of hydrogen-bond donors (Lipinski definition) is 0. The van der Waals surface area contributed by atoms with Crippen molar-refractivity contribution in [2.24, 2.45) is 0 Å². The Morgan fingerprint density at radius 2 is 2.10 bits per heavy atom. The molecule has 110 valence electrons. The summed E-state index contributed by atoms with van der Waals surface area (Å²) in [6.45, 7) is 0.966. The highest BCUT2D eigenvalue weighted by Crippen LogP contribution is 2.28. The van der Waals surface area contributed by atoms with Crippen LogP contribution in [-0.4, -0.2) is 38.8 Å². The van der Waals surface area contributed by atoms with Gasteiger partial charge in [0.2, 0.25) is 6.29 Å². The normalized spacial score (nSPS) is 19.4.